The molecule has 13 heteroatoms. The molecule has 0 bridgehead atoms. The third-order valence-corrected chi connectivity index (χ3v) is 7.10. The third kappa shape index (κ3) is 7.68. The second kappa shape index (κ2) is 12.9. The normalized spacial score (nSPS) is 15.2. The smallest absolute Gasteiger partial charge is 0.370 e. The summed E-state index contributed by atoms with van der Waals surface area (Å²) < 4.78 is 47.6. The van der Waals surface area contributed by atoms with Gasteiger partial charge < -0.3 is 20.3 Å². The van der Waals surface area contributed by atoms with Crippen LogP contribution in [-0.4, -0.2) is 68.1 Å². The van der Waals surface area contributed by atoms with Crippen molar-refractivity contribution in [3.63, 3.8) is 0 Å². The van der Waals surface area contributed by atoms with Crippen molar-refractivity contribution in [3.05, 3.63) is 45.1 Å². The standard InChI is InChI=1S/C25H30ClF3N4O4S/c1-4-32(13-15(2)3)19(12-30-24(36)20-7-8-21(26)38-20)23(35)31-18-6-5-16(11-17(18)25(27,28)29)33-9-10-37-14-22(33)34/h5-8,11,15,19H,4,9-10,12-14H2,1-3H3,(H,30,36)(H,31,35)/t19-/m1/s1. The summed E-state index contributed by atoms with van der Waals surface area (Å²) in [6, 6.07) is 5.54. The molecule has 0 radical (unpaired) electrons. The number of benzene rings is 1. The van der Waals surface area contributed by atoms with E-state index in [1.807, 2.05) is 20.8 Å². The van der Waals surface area contributed by atoms with E-state index >= 15 is 0 Å². The predicted molar refractivity (Wildman–Crippen MR) is 141 cm³/mol. The maximum absolute atomic E-state index is 14.0. The van der Waals surface area contributed by atoms with Crippen molar-refractivity contribution in [1.29, 1.82) is 0 Å². The van der Waals surface area contributed by atoms with E-state index in [9.17, 15) is 27.6 Å². The predicted octanol–water partition coefficient (Wildman–Crippen LogP) is 4.50. The number of rotatable bonds is 10. The van der Waals surface area contributed by atoms with Gasteiger partial charge in [-0.1, -0.05) is 32.4 Å². The number of ether oxygens (including phenoxy) is 1. The number of nitrogens with zero attached hydrogens (tertiary/aromatic N) is 2. The number of anilines is 2. The second-order valence-corrected chi connectivity index (χ2v) is 10.8. The monoisotopic (exact) mass is 574 g/mol. The van der Waals surface area contributed by atoms with Crippen molar-refractivity contribution in [1.82, 2.24) is 10.2 Å². The molecule has 0 spiro atoms. The molecule has 1 fully saturated rings. The van der Waals surface area contributed by atoms with Gasteiger partial charge in [0.25, 0.3) is 11.8 Å². The molecule has 0 saturated carbocycles. The van der Waals surface area contributed by atoms with Crippen LogP contribution in [0.25, 0.3) is 0 Å². The zero-order valence-corrected chi connectivity index (χ0v) is 22.8. The topological polar surface area (TPSA) is 91.0 Å². The van der Waals surface area contributed by atoms with E-state index in [1.54, 1.807) is 17.0 Å². The van der Waals surface area contributed by atoms with Crippen LogP contribution in [-0.2, 0) is 20.5 Å². The fraction of sp³-hybridized carbons (Fsp3) is 0.480. The quantitative estimate of drug-likeness (QED) is 0.436. The van der Waals surface area contributed by atoms with Crippen molar-refractivity contribution in [2.75, 3.05) is 49.6 Å². The van der Waals surface area contributed by atoms with Gasteiger partial charge in [-0.3, -0.25) is 19.3 Å². The highest BCUT2D eigenvalue weighted by Gasteiger charge is 2.36. The van der Waals surface area contributed by atoms with Gasteiger partial charge in [-0.15, -0.1) is 11.3 Å². The lowest BCUT2D eigenvalue weighted by Gasteiger charge is -2.32. The molecule has 8 nitrogen and oxygen atoms in total. The van der Waals surface area contributed by atoms with Crippen molar-refractivity contribution in [2.24, 2.45) is 5.92 Å². The van der Waals surface area contributed by atoms with Gasteiger partial charge in [0, 0.05) is 25.3 Å². The maximum Gasteiger partial charge on any atom is 0.418 e. The largest absolute Gasteiger partial charge is 0.418 e. The van der Waals surface area contributed by atoms with Gasteiger partial charge in [0.2, 0.25) is 5.91 Å². The summed E-state index contributed by atoms with van der Waals surface area (Å²) in [5, 5.41) is 5.12. The van der Waals surface area contributed by atoms with E-state index in [0.717, 1.165) is 23.5 Å². The SMILES string of the molecule is CCN(CC(C)C)[C@H](CNC(=O)c1ccc(Cl)s1)C(=O)Nc1ccc(N2CCOCC2=O)cc1C(F)(F)F. The number of hydrogen-bond acceptors (Lipinski definition) is 6. The summed E-state index contributed by atoms with van der Waals surface area (Å²) in [4.78, 5) is 41.5. The molecule has 2 aromatic rings. The Labute approximate surface area is 228 Å². The van der Waals surface area contributed by atoms with Crippen LogP contribution in [0.4, 0.5) is 24.5 Å². The number of amides is 3. The van der Waals surface area contributed by atoms with Crippen LogP contribution in [0.15, 0.2) is 30.3 Å². The summed E-state index contributed by atoms with van der Waals surface area (Å²) in [6.07, 6.45) is -4.79. The fourth-order valence-corrected chi connectivity index (χ4v) is 5.06. The van der Waals surface area contributed by atoms with Gasteiger partial charge in [-0.05, 0) is 42.8 Å². The van der Waals surface area contributed by atoms with Crippen LogP contribution in [0.5, 0.6) is 0 Å². The first-order valence-electron chi connectivity index (χ1n) is 12.1. The number of thiophene rings is 1. The Hall–Kier alpha value is -2.67. The number of likely N-dealkylation sites (N-methyl/N-ethyl adjacent to an activating group) is 1. The van der Waals surface area contributed by atoms with Crippen LogP contribution in [0.1, 0.15) is 36.0 Å². The first-order valence-corrected chi connectivity index (χ1v) is 13.3. The van der Waals surface area contributed by atoms with Crippen LogP contribution >= 0.6 is 22.9 Å². The first kappa shape index (κ1) is 29.9. The minimum atomic E-state index is -4.79. The summed E-state index contributed by atoms with van der Waals surface area (Å²) in [5.74, 6) is -1.42. The van der Waals surface area contributed by atoms with Crippen molar-refractivity contribution in [2.45, 2.75) is 33.0 Å². The van der Waals surface area contributed by atoms with Crippen LogP contribution in [0.2, 0.25) is 4.34 Å². The minimum Gasteiger partial charge on any atom is -0.370 e. The van der Waals surface area contributed by atoms with Gasteiger partial charge in [-0.25, -0.2) is 0 Å². The number of morpholine rings is 1. The Balaban J connectivity index is 1.86. The highest BCUT2D eigenvalue weighted by Crippen LogP contribution is 2.38. The Morgan fingerprint density at radius 1 is 1.24 bits per heavy atom. The van der Waals surface area contributed by atoms with Crippen LogP contribution in [0.3, 0.4) is 0 Å². The maximum atomic E-state index is 14.0. The molecule has 1 aromatic heterocycles. The number of carbonyl (C=O) groups is 3. The molecule has 3 rings (SSSR count). The molecule has 1 aliphatic heterocycles. The van der Waals surface area contributed by atoms with Gasteiger partial charge in [0.1, 0.15) is 12.6 Å². The van der Waals surface area contributed by atoms with E-state index in [0.29, 0.717) is 22.3 Å². The number of nitrogens with one attached hydrogen (secondary N) is 2. The zero-order chi connectivity index (χ0) is 28.0. The molecule has 1 aromatic carbocycles. The first-order chi connectivity index (χ1) is 17.9. The van der Waals surface area contributed by atoms with Crippen molar-refractivity contribution < 1.29 is 32.3 Å². The lowest BCUT2D eigenvalue weighted by molar-refractivity contribution is -0.137. The van der Waals surface area contributed by atoms with E-state index in [4.69, 9.17) is 16.3 Å². The lowest BCUT2D eigenvalue weighted by Crippen LogP contribution is -2.51. The average molecular weight is 575 g/mol. The molecule has 2 N–H and O–H groups in total. The van der Waals surface area contributed by atoms with Crippen LogP contribution in [0, 0.1) is 5.92 Å². The highest BCUT2D eigenvalue weighted by molar-refractivity contribution is 7.18. The Bertz CT molecular complexity index is 1160. The molecule has 2 heterocycles. The number of alkyl halides is 3. The summed E-state index contributed by atoms with van der Waals surface area (Å²) >= 11 is 6.98. The molecule has 0 unspecified atom stereocenters. The molecule has 1 aliphatic rings. The number of halogens is 4. The molecule has 0 aliphatic carbocycles. The van der Waals surface area contributed by atoms with Crippen molar-refractivity contribution in [3.8, 4) is 0 Å². The van der Waals surface area contributed by atoms with E-state index < -0.39 is 41.2 Å². The molecular formula is C25H30ClF3N4O4S. The summed E-state index contributed by atoms with van der Waals surface area (Å²) in [7, 11) is 0. The highest BCUT2D eigenvalue weighted by atomic mass is 35.5. The zero-order valence-electron chi connectivity index (χ0n) is 21.2. The molecule has 38 heavy (non-hydrogen) atoms. The minimum absolute atomic E-state index is 0.0667. The van der Waals surface area contributed by atoms with Gasteiger partial charge in [0.05, 0.1) is 27.1 Å². The molecule has 1 saturated heterocycles. The lowest BCUT2D eigenvalue weighted by atomic mass is 10.1. The third-order valence-electron chi connectivity index (χ3n) is 5.87. The van der Waals surface area contributed by atoms with Gasteiger partial charge >= 0.3 is 6.18 Å². The average Bonchev–Trinajstić information content (AvgIpc) is 3.29. The molecular weight excluding hydrogens is 545 g/mol. The summed E-state index contributed by atoms with van der Waals surface area (Å²) in [6.45, 7) is 6.66. The van der Waals surface area contributed by atoms with Gasteiger partial charge in [0.15, 0.2) is 0 Å². The van der Waals surface area contributed by atoms with Crippen molar-refractivity contribution >= 4 is 52.0 Å². The fourth-order valence-electron chi connectivity index (χ4n) is 4.10. The second-order valence-electron chi connectivity index (χ2n) is 9.13. The Kier molecular flexibility index (Phi) is 10.2. The van der Waals surface area contributed by atoms with Crippen LogP contribution < -0.4 is 15.5 Å². The van der Waals surface area contributed by atoms with E-state index in [-0.39, 0.29) is 37.9 Å². The number of carbonyl (C=O) groups excluding carboxylic acids is 3. The molecule has 3 amide bonds. The Morgan fingerprint density at radius 2 is 1.97 bits per heavy atom. The Morgan fingerprint density at radius 3 is 2.55 bits per heavy atom. The van der Waals surface area contributed by atoms with E-state index in [2.05, 4.69) is 10.6 Å². The summed E-state index contributed by atoms with van der Waals surface area (Å²) in [5.41, 5.74) is -1.45. The van der Waals surface area contributed by atoms with Gasteiger partial charge in [-0.2, -0.15) is 13.2 Å². The van der Waals surface area contributed by atoms with E-state index in [1.165, 1.54) is 11.0 Å². The molecule has 208 valence electrons. The number of hydrogen-bond donors (Lipinski definition) is 2. The molecule has 1 atom stereocenters.